The van der Waals surface area contributed by atoms with Gasteiger partial charge in [-0.05, 0) is 6.92 Å². The van der Waals surface area contributed by atoms with Crippen LogP contribution in [0.3, 0.4) is 0 Å². The van der Waals surface area contributed by atoms with Gasteiger partial charge in [-0.3, -0.25) is 4.90 Å². The van der Waals surface area contributed by atoms with E-state index < -0.39 is 0 Å². The molecule has 0 aromatic heterocycles. The van der Waals surface area contributed by atoms with Crippen molar-refractivity contribution in [1.82, 2.24) is 15.5 Å². The van der Waals surface area contributed by atoms with E-state index in [0.717, 1.165) is 32.7 Å². The summed E-state index contributed by atoms with van der Waals surface area (Å²) in [4.78, 5) is 2.42. The number of aliphatic hydroxyl groups is 1. The molecule has 2 aliphatic heterocycles. The van der Waals surface area contributed by atoms with Gasteiger partial charge in [0, 0.05) is 44.8 Å². The van der Waals surface area contributed by atoms with Crippen molar-refractivity contribution in [3.05, 3.63) is 0 Å². The Bertz CT molecular complexity index is 176. The van der Waals surface area contributed by atoms with Crippen LogP contribution >= 0.6 is 0 Å². The summed E-state index contributed by atoms with van der Waals surface area (Å²) >= 11 is 0. The second-order valence-corrected chi connectivity index (χ2v) is 4.08. The van der Waals surface area contributed by atoms with Crippen LogP contribution in [0.15, 0.2) is 0 Å². The molecular formula is C9H19N3O. The average Bonchev–Trinajstić information content (AvgIpc) is 2.52. The highest BCUT2D eigenvalue weighted by atomic mass is 16.3. The predicted octanol–water partition coefficient (Wildman–Crippen LogP) is -1.39. The molecule has 4 nitrogen and oxygen atoms in total. The Kier molecular flexibility index (Phi) is 2.83. The molecule has 0 aromatic rings. The van der Waals surface area contributed by atoms with Crippen LogP contribution in [0.4, 0.5) is 0 Å². The summed E-state index contributed by atoms with van der Waals surface area (Å²) in [5.41, 5.74) is 0. The van der Waals surface area contributed by atoms with Crippen molar-refractivity contribution in [2.45, 2.75) is 25.1 Å². The van der Waals surface area contributed by atoms with Gasteiger partial charge in [0.1, 0.15) is 0 Å². The summed E-state index contributed by atoms with van der Waals surface area (Å²) in [5, 5.41) is 16.3. The lowest BCUT2D eigenvalue weighted by Gasteiger charge is -2.39. The normalized spacial score (nSPS) is 42.5. The third-order valence-corrected chi connectivity index (χ3v) is 3.13. The van der Waals surface area contributed by atoms with Gasteiger partial charge >= 0.3 is 0 Å². The molecule has 0 aromatic carbocycles. The summed E-state index contributed by atoms with van der Waals surface area (Å²) < 4.78 is 0. The monoisotopic (exact) mass is 185 g/mol. The second-order valence-electron chi connectivity index (χ2n) is 4.08. The lowest BCUT2D eigenvalue weighted by Crippen LogP contribution is -2.57. The zero-order valence-electron chi connectivity index (χ0n) is 8.16. The lowest BCUT2D eigenvalue weighted by atomic mass is 10.1. The Morgan fingerprint density at radius 2 is 2.08 bits per heavy atom. The Balaban J connectivity index is 1.97. The summed E-state index contributed by atoms with van der Waals surface area (Å²) in [5.74, 6) is 0. The summed E-state index contributed by atoms with van der Waals surface area (Å²) in [6.07, 6.45) is -0.180. The fourth-order valence-electron chi connectivity index (χ4n) is 2.34. The highest BCUT2D eigenvalue weighted by Crippen LogP contribution is 2.14. The van der Waals surface area contributed by atoms with Crippen molar-refractivity contribution in [2.24, 2.45) is 0 Å². The van der Waals surface area contributed by atoms with Gasteiger partial charge in [-0.25, -0.2) is 0 Å². The van der Waals surface area contributed by atoms with E-state index in [1.165, 1.54) is 0 Å². The van der Waals surface area contributed by atoms with Gasteiger partial charge in [0.25, 0.3) is 0 Å². The number of rotatable bonds is 1. The molecule has 3 atom stereocenters. The Morgan fingerprint density at radius 3 is 2.69 bits per heavy atom. The predicted molar refractivity (Wildman–Crippen MR) is 51.7 cm³/mol. The standard InChI is InChI=1S/C9H19N3O/c1-7-4-10-2-3-12(7)8-5-11-6-9(8)13/h7-11,13H,2-6H2,1H3/t7-,8+,9+/m0/s1. The minimum Gasteiger partial charge on any atom is -0.390 e. The highest BCUT2D eigenvalue weighted by molar-refractivity contribution is 4.92. The number of aliphatic hydroxyl groups excluding tert-OH is 1. The molecule has 4 heteroatoms. The van der Waals surface area contributed by atoms with Gasteiger partial charge < -0.3 is 15.7 Å². The van der Waals surface area contributed by atoms with Crippen molar-refractivity contribution >= 4 is 0 Å². The number of nitrogens with one attached hydrogen (secondary N) is 2. The molecule has 0 radical (unpaired) electrons. The summed E-state index contributed by atoms with van der Waals surface area (Å²) in [6.45, 7) is 7.06. The molecule has 3 N–H and O–H groups in total. The number of nitrogens with zero attached hydrogens (tertiary/aromatic N) is 1. The van der Waals surface area contributed by atoms with E-state index in [4.69, 9.17) is 0 Å². The summed E-state index contributed by atoms with van der Waals surface area (Å²) in [6, 6.07) is 0.880. The molecule has 0 amide bonds. The van der Waals surface area contributed by atoms with Crippen molar-refractivity contribution in [1.29, 1.82) is 0 Å². The van der Waals surface area contributed by atoms with Gasteiger partial charge in [0.05, 0.1) is 6.10 Å². The first-order chi connectivity index (χ1) is 6.29. The van der Waals surface area contributed by atoms with E-state index in [9.17, 15) is 5.11 Å². The van der Waals surface area contributed by atoms with E-state index in [1.54, 1.807) is 0 Å². The minimum absolute atomic E-state index is 0.180. The topological polar surface area (TPSA) is 47.5 Å². The molecule has 0 spiro atoms. The first-order valence-electron chi connectivity index (χ1n) is 5.14. The van der Waals surface area contributed by atoms with Gasteiger partial charge in [-0.15, -0.1) is 0 Å². The van der Waals surface area contributed by atoms with Crippen LogP contribution in [-0.4, -0.2) is 60.9 Å². The van der Waals surface area contributed by atoms with Crippen molar-refractivity contribution in [2.75, 3.05) is 32.7 Å². The van der Waals surface area contributed by atoms with Crippen LogP contribution in [0.5, 0.6) is 0 Å². The quantitative estimate of drug-likeness (QED) is 0.471. The number of β-amino-alcohol motifs (C(OH)–C–C–N with tert-alkyl or cyclic N) is 1. The average molecular weight is 185 g/mol. The molecular weight excluding hydrogens is 166 g/mol. The molecule has 0 unspecified atom stereocenters. The molecule has 2 fully saturated rings. The maximum atomic E-state index is 9.73. The third kappa shape index (κ3) is 1.86. The number of hydrogen-bond acceptors (Lipinski definition) is 4. The Labute approximate surface area is 79.3 Å². The SMILES string of the molecule is C[C@H]1CNCCN1[C@@H]1CNC[C@H]1O. The van der Waals surface area contributed by atoms with Gasteiger partial charge in [-0.1, -0.05) is 0 Å². The largest absolute Gasteiger partial charge is 0.390 e. The van der Waals surface area contributed by atoms with Crippen LogP contribution in [0.1, 0.15) is 6.92 Å². The minimum atomic E-state index is -0.180. The Morgan fingerprint density at radius 1 is 1.23 bits per heavy atom. The van der Waals surface area contributed by atoms with Crippen LogP contribution < -0.4 is 10.6 Å². The molecule has 2 heterocycles. The molecule has 2 saturated heterocycles. The molecule has 0 aliphatic carbocycles. The van der Waals surface area contributed by atoms with Crippen LogP contribution in [0.2, 0.25) is 0 Å². The van der Waals surface area contributed by atoms with Gasteiger partial charge in [-0.2, -0.15) is 0 Å². The van der Waals surface area contributed by atoms with Gasteiger partial charge in [0.15, 0.2) is 0 Å². The molecule has 0 saturated carbocycles. The van der Waals surface area contributed by atoms with Crippen LogP contribution in [0.25, 0.3) is 0 Å². The fourth-order valence-corrected chi connectivity index (χ4v) is 2.34. The van der Waals surface area contributed by atoms with Crippen LogP contribution in [-0.2, 0) is 0 Å². The lowest BCUT2D eigenvalue weighted by molar-refractivity contribution is 0.0469. The van der Waals surface area contributed by atoms with Crippen molar-refractivity contribution in [3.8, 4) is 0 Å². The van der Waals surface area contributed by atoms with E-state index in [-0.39, 0.29) is 6.10 Å². The van der Waals surface area contributed by atoms with Gasteiger partial charge in [0.2, 0.25) is 0 Å². The Hall–Kier alpha value is -0.160. The molecule has 13 heavy (non-hydrogen) atoms. The molecule has 76 valence electrons. The van der Waals surface area contributed by atoms with Crippen LogP contribution in [0, 0.1) is 0 Å². The molecule has 2 rings (SSSR count). The van der Waals surface area contributed by atoms with E-state index in [1.807, 2.05) is 0 Å². The zero-order valence-corrected chi connectivity index (χ0v) is 8.16. The number of piperazine rings is 1. The molecule has 0 bridgehead atoms. The fraction of sp³-hybridized carbons (Fsp3) is 1.00. The third-order valence-electron chi connectivity index (χ3n) is 3.13. The summed E-state index contributed by atoms with van der Waals surface area (Å²) in [7, 11) is 0. The zero-order chi connectivity index (χ0) is 9.26. The maximum Gasteiger partial charge on any atom is 0.0831 e. The van der Waals surface area contributed by atoms with E-state index in [0.29, 0.717) is 12.1 Å². The first kappa shape index (κ1) is 9.40. The highest BCUT2D eigenvalue weighted by Gasteiger charge is 2.33. The van der Waals surface area contributed by atoms with E-state index in [2.05, 4.69) is 22.5 Å². The smallest absolute Gasteiger partial charge is 0.0831 e. The van der Waals surface area contributed by atoms with E-state index >= 15 is 0 Å². The van der Waals surface area contributed by atoms with Crippen molar-refractivity contribution < 1.29 is 5.11 Å². The number of hydrogen-bond donors (Lipinski definition) is 3. The second kappa shape index (κ2) is 3.92. The first-order valence-corrected chi connectivity index (χ1v) is 5.14. The maximum absolute atomic E-state index is 9.73. The molecule has 2 aliphatic rings. The van der Waals surface area contributed by atoms with Crippen molar-refractivity contribution in [3.63, 3.8) is 0 Å².